The van der Waals surface area contributed by atoms with Crippen molar-refractivity contribution in [2.75, 3.05) is 0 Å². The second-order valence-electron chi connectivity index (χ2n) is 9.58. The Labute approximate surface area is 167 Å². The van der Waals surface area contributed by atoms with Gasteiger partial charge in [-0.1, -0.05) is 37.1 Å². The number of ether oxygens (including phenoxy) is 1. The SMILES string of the molecule is CC(=O)O[C@H]1CC[C@@]2(C)C(=CC[C@H]3C4=CC=C(n5ccnc5)[C@@]4(C)CC[C@@H]32)C1. The van der Waals surface area contributed by atoms with Gasteiger partial charge in [0.1, 0.15) is 6.10 Å². The Kier molecular flexibility index (Phi) is 3.98. The summed E-state index contributed by atoms with van der Waals surface area (Å²) in [6, 6.07) is 0. The molecule has 0 aromatic carbocycles. The number of hydrogen-bond acceptors (Lipinski definition) is 3. The van der Waals surface area contributed by atoms with Crippen LogP contribution in [0.15, 0.2) is 48.1 Å². The molecule has 1 aromatic rings. The average molecular weight is 379 g/mol. The molecule has 0 spiro atoms. The third-order valence-corrected chi connectivity index (χ3v) is 8.18. The predicted molar refractivity (Wildman–Crippen MR) is 109 cm³/mol. The number of imidazole rings is 1. The molecule has 1 heterocycles. The Hall–Kier alpha value is -2.10. The minimum Gasteiger partial charge on any atom is -0.462 e. The van der Waals surface area contributed by atoms with Gasteiger partial charge in [-0.15, -0.1) is 0 Å². The molecular formula is C24H30N2O2. The second kappa shape index (κ2) is 6.20. The van der Waals surface area contributed by atoms with Crippen LogP contribution in [0.1, 0.15) is 59.3 Å². The molecule has 1 aromatic heterocycles. The molecule has 0 saturated heterocycles. The molecule has 0 N–H and O–H groups in total. The quantitative estimate of drug-likeness (QED) is 0.528. The van der Waals surface area contributed by atoms with Crippen molar-refractivity contribution in [1.82, 2.24) is 9.55 Å². The van der Waals surface area contributed by atoms with Crippen molar-refractivity contribution >= 4 is 11.7 Å². The first-order valence-electron chi connectivity index (χ1n) is 10.7. The van der Waals surface area contributed by atoms with Crippen molar-refractivity contribution < 1.29 is 9.53 Å². The van der Waals surface area contributed by atoms with Crippen molar-refractivity contribution in [3.05, 3.63) is 48.1 Å². The van der Waals surface area contributed by atoms with Crippen LogP contribution in [-0.2, 0) is 9.53 Å². The number of hydrogen-bond donors (Lipinski definition) is 0. The highest BCUT2D eigenvalue weighted by Gasteiger charge is 2.54. The largest absolute Gasteiger partial charge is 0.462 e. The van der Waals surface area contributed by atoms with Gasteiger partial charge in [0.25, 0.3) is 0 Å². The molecule has 4 nitrogen and oxygen atoms in total. The topological polar surface area (TPSA) is 44.1 Å². The smallest absolute Gasteiger partial charge is 0.302 e. The fourth-order valence-corrected chi connectivity index (χ4v) is 6.72. The van der Waals surface area contributed by atoms with Crippen molar-refractivity contribution in [3.8, 4) is 0 Å². The summed E-state index contributed by atoms with van der Waals surface area (Å²) in [5.74, 6) is 1.17. The molecular weight excluding hydrogens is 348 g/mol. The predicted octanol–water partition coefficient (Wildman–Crippen LogP) is 5.15. The fourth-order valence-electron chi connectivity index (χ4n) is 6.72. The van der Waals surface area contributed by atoms with E-state index >= 15 is 0 Å². The molecule has 0 amide bonds. The van der Waals surface area contributed by atoms with Gasteiger partial charge in [-0.25, -0.2) is 4.98 Å². The molecule has 4 aliphatic rings. The summed E-state index contributed by atoms with van der Waals surface area (Å²) in [5, 5.41) is 0. The average Bonchev–Trinajstić information content (AvgIpc) is 3.28. The molecule has 0 aliphatic heterocycles. The van der Waals surface area contributed by atoms with Crippen LogP contribution in [0.3, 0.4) is 0 Å². The normalized spacial score (nSPS) is 39.1. The van der Waals surface area contributed by atoms with Gasteiger partial charge < -0.3 is 9.30 Å². The first-order chi connectivity index (χ1) is 13.4. The van der Waals surface area contributed by atoms with E-state index in [1.54, 1.807) is 5.57 Å². The number of fused-ring (bicyclic) bond motifs is 5. The molecule has 0 unspecified atom stereocenters. The molecule has 28 heavy (non-hydrogen) atoms. The van der Waals surface area contributed by atoms with Crippen LogP contribution in [0.4, 0.5) is 0 Å². The van der Waals surface area contributed by atoms with Crippen molar-refractivity contribution in [3.63, 3.8) is 0 Å². The monoisotopic (exact) mass is 378 g/mol. The van der Waals surface area contributed by atoms with E-state index < -0.39 is 0 Å². The lowest BCUT2D eigenvalue weighted by atomic mass is 9.49. The minimum absolute atomic E-state index is 0.0717. The molecule has 0 bridgehead atoms. The highest BCUT2D eigenvalue weighted by Crippen LogP contribution is 2.64. The number of allylic oxidation sites excluding steroid dienone is 5. The maximum Gasteiger partial charge on any atom is 0.302 e. The van der Waals surface area contributed by atoms with E-state index in [2.05, 4.69) is 47.8 Å². The number of carbonyl (C=O) groups is 1. The lowest BCUT2D eigenvalue weighted by Gasteiger charge is -2.56. The van der Waals surface area contributed by atoms with Gasteiger partial charge in [0.2, 0.25) is 0 Å². The zero-order chi connectivity index (χ0) is 19.5. The lowest BCUT2D eigenvalue weighted by molar-refractivity contribution is -0.148. The van der Waals surface area contributed by atoms with Gasteiger partial charge in [-0.3, -0.25) is 4.79 Å². The highest BCUT2D eigenvalue weighted by atomic mass is 16.5. The number of carbonyl (C=O) groups excluding carboxylic acids is 1. The molecule has 2 saturated carbocycles. The van der Waals surface area contributed by atoms with E-state index in [0.717, 1.165) is 25.7 Å². The van der Waals surface area contributed by atoms with Gasteiger partial charge in [-0.05, 0) is 55.4 Å². The van der Waals surface area contributed by atoms with E-state index in [0.29, 0.717) is 11.8 Å². The van der Waals surface area contributed by atoms with Gasteiger partial charge in [0, 0.05) is 36.9 Å². The van der Waals surface area contributed by atoms with Crippen LogP contribution in [0.2, 0.25) is 0 Å². The fraction of sp³-hybridized carbons (Fsp3) is 0.583. The summed E-state index contributed by atoms with van der Waals surface area (Å²) >= 11 is 0. The standard InChI is InChI=1S/C24H30N2O2/c1-16(27)28-18-8-10-23(2)17(14-18)4-5-19-20-6-7-22(26-13-12-25-15-26)24(20,3)11-9-21(19)23/h4,6-7,12-13,15,18-19,21H,5,8-11,14H2,1-3H3/t18-,19-,21-,23-,24-/m0/s1. The summed E-state index contributed by atoms with van der Waals surface area (Å²) < 4.78 is 7.75. The molecule has 4 aliphatic carbocycles. The number of rotatable bonds is 2. The van der Waals surface area contributed by atoms with Crippen LogP contribution >= 0.6 is 0 Å². The van der Waals surface area contributed by atoms with Gasteiger partial charge in [0.15, 0.2) is 0 Å². The van der Waals surface area contributed by atoms with Crippen molar-refractivity contribution in [2.45, 2.75) is 65.4 Å². The summed E-state index contributed by atoms with van der Waals surface area (Å²) in [6.45, 7) is 6.42. The third-order valence-electron chi connectivity index (χ3n) is 8.18. The van der Waals surface area contributed by atoms with Crippen LogP contribution < -0.4 is 0 Å². The van der Waals surface area contributed by atoms with Crippen LogP contribution in [-0.4, -0.2) is 21.6 Å². The molecule has 2 fully saturated rings. The lowest BCUT2D eigenvalue weighted by Crippen LogP contribution is -2.47. The molecule has 4 heteroatoms. The van der Waals surface area contributed by atoms with Crippen molar-refractivity contribution in [2.24, 2.45) is 22.7 Å². The van der Waals surface area contributed by atoms with Crippen LogP contribution in [0, 0.1) is 22.7 Å². The van der Waals surface area contributed by atoms with E-state index in [1.165, 1.54) is 31.0 Å². The summed E-state index contributed by atoms with van der Waals surface area (Å²) in [6.07, 6.45) is 19.8. The molecule has 5 rings (SSSR count). The Balaban J connectivity index is 1.43. The Bertz CT molecular complexity index is 894. The third kappa shape index (κ3) is 2.49. The minimum atomic E-state index is -0.148. The Morgan fingerprint density at radius 2 is 2.11 bits per heavy atom. The number of esters is 1. The van der Waals surface area contributed by atoms with Gasteiger partial charge in [-0.2, -0.15) is 0 Å². The Morgan fingerprint density at radius 3 is 2.86 bits per heavy atom. The van der Waals surface area contributed by atoms with Gasteiger partial charge in [0.05, 0.1) is 6.33 Å². The first-order valence-corrected chi connectivity index (χ1v) is 10.7. The van der Waals surface area contributed by atoms with E-state index in [9.17, 15) is 4.79 Å². The number of nitrogens with zero attached hydrogens (tertiary/aromatic N) is 2. The summed E-state index contributed by atoms with van der Waals surface area (Å²) in [5.41, 5.74) is 4.90. The second-order valence-corrected chi connectivity index (χ2v) is 9.58. The van der Waals surface area contributed by atoms with E-state index in [1.807, 2.05) is 12.5 Å². The zero-order valence-corrected chi connectivity index (χ0v) is 17.1. The first kappa shape index (κ1) is 18.0. The van der Waals surface area contributed by atoms with E-state index in [-0.39, 0.29) is 22.9 Å². The van der Waals surface area contributed by atoms with E-state index in [4.69, 9.17) is 4.74 Å². The molecule has 0 radical (unpaired) electrons. The summed E-state index contributed by atoms with van der Waals surface area (Å²) in [4.78, 5) is 15.7. The van der Waals surface area contributed by atoms with Gasteiger partial charge >= 0.3 is 5.97 Å². The molecule has 5 atom stereocenters. The maximum absolute atomic E-state index is 11.4. The zero-order valence-electron chi connectivity index (χ0n) is 17.1. The molecule has 148 valence electrons. The highest BCUT2D eigenvalue weighted by molar-refractivity contribution is 5.67. The van der Waals surface area contributed by atoms with Crippen LogP contribution in [0.25, 0.3) is 5.70 Å². The summed E-state index contributed by atoms with van der Waals surface area (Å²) in [7, 11) is 0. The number of aromatic nitrogens is 2. The maximum atomic E-state index is 11.4. The Morgan fingerprint density at radius 1 is 1.25 bits per heavy atom. The van der Waals surface area contributed by atoms with Crippen LogP contribution in [0.5, 0.6) is 0 Å². The van der Waals surface area contributed by atoms with Crippen molar-refractivity contribution in [1.29, 1.82) is 0 Å².